The van der Waals surface area contributed by atoms with E-state index in [1.54, 1.807) is 0 Å². The van der Waals surface area contributed by atoms with Crippen LogP contribution in [0.3, 0.4) is 0 Å². The number of rotatable bonds is 3. The molecular weight excluding hydrogens is 490 g/mol. The quantitative estimate of drug-likeness (QED) is 0.237. The van der Waals surface area contributed by atoms with E-state index in [4.69, 9.17) is 8.83 Å². The van der Waals surface area contributed by atoms with E-state index >= 15 is 0 Å². The molecule has 8 aromatic rings. The molecule has 3 heteroatoms. The predicted octanol–water partition coefficient (Wildman–Crippen LogP) is 10.4. The smallest absolute Gasteiger partial charge is 0.136 e. The number of nitrogens with zero attached hydrogens (tertiary/aromatic N) is 1. The molecule has 3 nitrogen and oxygen atoms in total. The summed E-state index contributed by atoms with van der Waals surface area (Å²) in [6, 6.07) is 45.6. The van der Waals surface area contributed by atoms with Crippen molar-refractivity contribution in [3.63, 3.8) is 0 Å². The fraction of sp³-hybridized carbons (Fsp3) is 0. The van der Waals surface area contributed by atoms with E-state index in [2.05, 4.69) is 54.6 Å². The lowest BCUT2D eigenvalue weighted by atomic mass is 9.87. The Bertz CT molecular complexity index is 2280. The Morgan fingerprint density at radius 2 is 0.975 bits per heavy atom. The Labute approximate surface area is 230 Å². The number of furan rings is 2. The van der Waals surface area contributed by atoms with Gasteiger partial charge in [0.1, 0.15) is 22.3 Å². The van der Waals surface area contributed by atoms with Crippen LogP contribution >= 0.6 is 0 Å². The molecule has 2 aromatic heterocycles. The van der Waals surface area contributed by atoms with E-state index in [0.29, 0.717) is 5.56 Å². The van der Waals surface area contributed by atoms with Gasteiger partial charge in [-0.1, -0.05) is 78.9 Å². The first kappa shape index (κ1) is 22.4. The molecule has 6 aromatic carbocycles. The van der Waals surface area contributed by atoms with Crippen LogP contribution in [0.1, 0.15) is 5.56 Å². The van der Waals surface area contributed by atoms with E-state index in [1.165, 1.54) is 0 Å². The third-order valence-corrected chi connectivity index (χ3v) is 7.74. The van der Waals surface area contributed by atoms with Gasteiger partial charge in [-0.3, -0.25) is 0 Å². The largest absolute Gasteiger partial charge is 0.456 e. The standard InChI is InChI=1S/C37H21NO2/c38-22-26-19-31(25-14-16-29-27-10-4-6-12-34(27)40-37(29)20-25)32(21-30(26)23-8-2-1-3-9-23)24-15-17-36-33(18-24)28-11-5-7-13-35(28)39-36/h1-21H. The summed E-state index contributed by atoms with van der Waals surface area (Å²) in [6.45, 7) is 0. The zero-order valence-corrected chi connectivity index (χ0v) is 21.4. The summed E-state index contributed by atoms with van der Waals surface area (Å²) in [5.41, 5.74) is 10.0. The SMILES string of the molecule is N#Cc1cc(-c2ccc3c(c2)oc2ccccc23)c(-c2ccc3oc4ccccc4c3c2)cc1-c1ccccc1. The maximum Gasteiger partial charge on any atom is 0.136 e. The van der Waals surface area contributed by atoms with Gasteiger partial charge in [-0.15, -0.1) is 0 Å². The normalized spacial score (nSPS) is 11.5. The first-order chi connectivity index (χ1) is 19.8. The number of fused-ring (bicyclic) bond motifs is 6. The van der Waals surface area contributed by atoms with Gasteiger partial charge in [0.05, 0.1) is 11.6 Å². The molecule has 0 unspecified atom stereocenters. The minimum atomic E-state index is 0.629. The van der Waals surface area contributed by atoms with Crippen molar-refractivity contribution in [2.45, 2.75) is 0 Å². The topological polar surface area (TPSA) is 50.1 Å². The number of benzene rings is 6. The first-order valence-electron chi connectivity index (χ1n) is 13.2. The molecule has 186 valence electrons. The minimum absolute atomic E-state index is 0.629. The summed E-state index contributed by atoms with van der Waals surface area (Å²) < 4.78 is 12.3. The molecule has 2 heterocycles. The Kier molecular flexibility index (Phi) is 4.89. The second-order valence-electron chi connectivity index (χ2n) is 10.0. The van der Waals surface area contributed by atoms with E-state index < -0.39 is 0 Å². The fourth-order valence-corrected chi connectivity index (χ4v) is 5.81. The van der Waals surface area contributed by atoms with Crippen LogP contribution in [0, 0.1) is 11.3 Å². The highest BCUT2D eigenvalue weighted by atomic mass is 16.3. The predicted molar refractivity (Wildman–Crippen MR) is 162 cm³/mol. The average Bonchev–Trinajstić information content (AvgIpc) is 3.58. The Morgan fingerprint density at radius 1 is 0.400 bits per heavy atom. The van der Waals surface area contributed by atoms with Gasteiger partial charge in [-0.25, -0.2) is 0 Å². The van der Waals surface area contributed by atoms with Gasteiger partial charge in [0.25, 0.3) is 0 Å². The van der Waals surface area contributed by atoms with Gasteiger partial charge < -0.3 is 8.83 Å². The van der Waals surface area contributed by atoms with Crippen LogP contribution in [0.25, 0.3) is 77.3 Å². The van der Waals surface area contributed by atoms with Crippen molar-refractivity contribution < 1.29 is 8.83 Å². The van der Waals surface area contributed by atoms with Crippen LogP contribution in [0.4, 0.5) is 0 Å². The van der Waals surface area contributed by atoms with Gasteiger partial charge in [0.15, 0.2) is 0 Å². The third kappa shape index (κ3) is 3.44. The summed E-state index contributed by atoms with van der Waals surface area (Å²) in [6.07, 6.45) is 0. The highest BCUT2D eigenvalue weighted by Crippen LogP contribution is 2.41. The highest BCUT2D eigenvalue weighted by Gasteiger charge is 2.17. The number of nitriles is 1. The molecule has 0 saturated heterocycles. The molecule has 0 N–H and O–H groups in total. The summed E-state index contributed by atoms with van der Waals surface area (Å²) in [5.74, 6) is 0. The van der Waals surface area contributed by atoms with Crippen molar-refractivity contribution >= 4 is 43.9 Å². The van der Waals surface area contributed by atoms with E-state index in [0.717, 1.165) is 77.3 Å². The number of para-hydroxylation sites is 2. The maximum atomic E-state index is 10.2. The third-order valence-electron chi connectivity index (χ3n) is 7.74. The second-order valence-corrected chi connectivity index (χ2v) is 10.0. The molecule has 8 rings (SSSR count). The Hall–Kier alpha value is -5.59. The molecule has 40 heavy (non-hydrogen) atoms. The molecule has 0 bridgehead atoms. The molecular formula is C37H21NO2. The molecule has 0 amide bonds. The summed E-state index contributed by atoms with van der Waals surface area (Å²) >= 11 is 0. The van der Waals surface area contributed by atoms with Gasteiger partial charge in [0, 0.05) is 27.1 Å². The van der Waals surface area contributed by atoms with E-state index in [9.17, 15) is 5.26 Å². The van der Waals surface area contributed by atoms with E-state index in [-0.39, 0.29) is 0 Å². The summed E-state index contributed by atoms with van der Waals surface area (Å²) in [5, 5.41) is 14.6. The van der Waals surface area contributed by atoms with Crippen LogP contribution < -0.4 is 0 Å². The monoisotopic (exact) mass is 511 g/mol. The summed E-state index contributed by atoms with van der Waals surface area (Å²) in [7, 11) is 0. The van der Waals surface area contributed by atoms with Crippen molar-refractivity contribution in [1.29, 1.82) is 5.26 Å². The zero-order chi connectivity index (χ0) is 26.6. The summed E-state index contributed by atoms with van der Waals surface area (Å²) in [4.78, 5) is 0. The lowest BCUT2D eigenvalue weighted by Crippen LogP contribution is -1.92. The van der Waals surface area contributed by atoms with Crippen LogP contribution in [0.15, 0.2) is 136 Å². The highest BCUT2D eigenvalue weighted by molar-refractivity contribution is 6.08. The molecule has 0 atom stereocenters. The Balaban J connectivity index is 1.41. The van der Waals surface area contributed by atoms with Crippen molar-refractivity contribution in [3.05, 3.63) is 133 Å². The van der Waals surface area contributed by atoms with Crippen LogP contribution in [0.2, 0.25) is 0 Å². The average molecular weight is 512 g/mol. The van der Waals surface area contributed by atoms with Crippen molar-refractivity contribution in [1.82, 2.24) is 0 Å². The van der Waals surface area contributed by atoms with E-state index in [1.807, 2.05) is 78.9 Å². The van der Waals surface area contributed by atoms with Gasteiger partial charge in [0.2, 0.25) is 0 Å². The second kappa shape index (κ2) is 8.73. The lowest BCUT2D eigenvalue weighted by molar-refractivity contribution is 0.668. The molecule has 0 saturated carbocycles. The van der Waals surface area contributed by atoms with Crippen molar-refractivity contribution in [3.8, 4) is 39.4 Å². The first-order valence-corrected chi connectivity index (χ1v) is 13.2. The maximum absolute atomic E-state index is 10.2. The zero-order valence-electron chi connectivity index (χ0n) is 21.4. The van der Waals surface area contributed by atoms with Crippen molar-refractivity contribution in [2.24, 2.45) is 0 Å². The molecule has 0 aliphatic heterocycles. The minimum Gasteiger partial charge on any atom is -0.456 e. The molecule has 0 aliphatic rings. The van der Waals surface area contributed by atoms with Gasteiger partial charge >= 0.3 is 0 Å². The lowest BCUT2D eigenvalue weighted by Gasteiger charge is -2.15. The van der Waals surface area contributed by atoms with Crippen LogP contribution in [-0.4, -0.2) is 0 Å². The molecule has 0 fully saturated rings. The number of hydrogen-bond acceptors (Lipinski definition) is 3. The Morgan fingerprint density at radius 3 is 1.75 bits per heavy atom. The van der Waals surface area contributed by atoms with Crippen molar-refractivity contribution in [2.75, 3.05) is 0 Å². The van der Waals surface area contributed by atoms with Gasteiger partial charge in [-0.05, 0) is 76.3 Å². The van der Waals surface area contributed by atoms with Crippen LogP contribution in [0.5, 0.6) is 0 Å². The molecule has 0 spiro atoms. The van der Waals surface area contributed by atoms with Crippen LogP contribution in [-0.2, 0) is 0 Å². The molecule has 0 radical (unpaired) electrons. The number of hydrogen-bond donors (Lipinski definition) is 0. The van der Waals surface area contributed by atoms with Gasteiger partial charge in [-0.2, -0.15) is 5.26 Å². The fourth-order valence-electron chi connectivity index (χ4n) is 5.81. The molecule has 0 aliphatic carbocycles.